The molecular formula is C13H13F10NO5. The highest BCUT2D eigenvalue weighted by molar-refractivity contribution is 5.90. The van der Waals surface area contributed by atoms with E-state index in [1.165, 1.54) is 0 Å². The van der Waals surface area contributed by atoms with E-state index in [0.29, 0.717) is 6.92 Å². The molecule has 0 fully saturated rings. The SMILES string of the molecule is CC(C)OC(=O)[C@@H](NC(=O)C(F)(F)C(F)(F)F)C(C)OC(=O)C(F)(F)C(F)(F)F. The summed E-state index contributed by atoms with van der Waals surface area (Å²) in [5.74, 6) is -20.5. The normalized spacial score (nSPS) is 15.5. The maximum atomic E-state index is 13.0. The van der Waals surface area contributed by atoms with Crippen LogP contribution in [0.2, 0.25) is 0 Å². The van der Waals surface area contributed by atoms with Gasteiger partial charge in [0.05, 0.1) is 6.10 Å². The van der Waals surface area contributed by atoms with Crippen LogP contribution in [0.4, 0.5) is 43.9 Å². The van der Waals surface area contributed by atoms with Crippen LogP contribution in [0.25, 0.3) is 0 Å². The predicted molar refractivity (Wildman–Crippen MR) is 70.7 cm³/mol. The molecule has 1 unspecified atom stereocenters. The number of hydrogen-bond acceptors (Lipinski definition) is 5. The summed E-state index contributed by atoms with van der Waals surface area (Å²) in [6, 6.07) is -2.77. The van der Waals surface area contributed by atoms with Gasteiger partial charge in [0.15, 0.2) is 6.04 Å². The van der Waals surface area contributed by atoms with E-state index >= 15 is 0 Å². The summed E-state index contributed by atoms with van der Waals surface area (Å²) in [5, 5.41) is 0.777. The number of esters is 2. The van der Waals surface area contributed by atoms with Gasteiger partial charge >= 0.3 is 42.0 Å². The average Bonchev–Trinajstić information content (AvgIpc) is 2.48. The van der Waals surface area contributed by atoms with Crippen molar-refractivity contribution in [1.29, 1.82) is 0 Å². The van der Waals surface area contributed by atoms with E-state index in [1.807, 2.05) is 0 Å². The molecule has 1 N–H and O–H groups in total. The quantitative estimate of drug-likeness (QED) is 0.474. The lowest BCUT2D eigenvalue weighted by molar-refractivity contribution is -0.282. The maximum Gasteiger partial charge on any atom is 0.465 e. The van der Waals surface area contributed by atoms with Crippen molar-refractivity contribution in [1.82, 2.24) is 5.32 Å². The second-order valence-corrected chi connectivity index (χ2v) is 5.69. The lowest BCUT2D eigenvalue weighted by Crippen LogP contribution is -2.59. The Morgan fingerprint density at radius 1 is 0.724 bits per heavy atom. The van der Waals surface area contributed by atoms with Crippen molar-refractivity contribution in [3.05, 3.63) is 0 Å². The van der Waals surface area contributed by atoms with E-state index < -0.39 is 60.3 Å². The molecule has 0 aromatic rings. The first-order chi connectivity index (χ1) is 12.7. The summed E-state index contributed by atoms with van der Waals surface area (Å²) in [6.45, 7) is 2.65. The molecule has 2 atom stereocenters. The first-order valence-corrected chi connectivity index (χ1v) is 7.27. The number of amides is 1. The standard InChI is InChI=1S/C13H13F10NO5/c1-4(2)28-7(25)6(24-8(26)10(14,15)12(18,19)20)5(3)29-9(27)11(16,17)13(21,22)23/h4-6H,1-3H3,(H,24,26)/t5?,6-/m0/s1. The molecule has 0 aliphatic carbocycles. The predicted octanol–water partition coefficient (Wildman–Crippen LogP) is 2.75. The fourth-order valence-electron chi connectivity index (χ4n) is 1.46. The molecule has 0 aliphatic heterocycles. The fraction of sp³-hybridized carbons (Fsp3) is 0.769. The summed E-state index contributed by atoms with van der Waals surface area (Å²) in [5.41, 5.74) is 0. The maximum absolute atomic E-state index is 13.0. The van der Waals surface area contributed by atoms with Gasteiger partial charge in [0.1, 0.15) is 6.10 Å². The smallest absolute Gasteiger partial charge is 0.461 e. The number of carbonyl (C=O) groups is 3. The molecule has 29 heavy (non-hydrogen) atoms. The summed E-state index contributed by atoms with van der Waals surface area (Å²) in [4.78, 5) is 34.0. The molecule has 6 nitrogen and oxygen atoms in total. The fourth-order valence-corrected chi connectivity index (χ4v) is 1.46. The number of rotatable bonds is 7. The summed E-state index contributed by atoms with van der Waals surface area (Å²) in [6.07, 6.45) is -16.5. The highest BCUT2D eigenvalue weighted by Gasteiger charge is 2.66. The summed E-state index contributed by atoms with van der Waals surface area (Å²) >= 11 is 0. The minimum absolute atomic E-state index is 0.378. The van der Waals surface area contributed by atoms with E-state index in [9.17, 15) is 58.3 Å². The van der Waals surface area contributed by atoms with E-state index in [-0.39, 0.29) is 0 Å². The molecule has 0 aromatic heterocycles. The molecule has 0 spiro atoms. The molecule has 0 rings (SSSR count). The zero-order valence-corrected chi connectivity index (χ0v) is 14.6. The molecule has 0 saturated carbocycles. The van der Waals surface area contributed by atoms with E-state index in [1.54, 1.807) is 0 Å². The van der Waals surface area contributed by atoms with Crippen LogP contribution < -0.4 is 5.32 Å². The average molecular weight is 453 g/mol. The van der Waals surface area contributed by atoms with Crippen LogP contribution in [-0.4, -0.2) is 60.3 Å². The Bertz CT molecular complexity index is 628. The van der Waals surface area contributed by atoms with Gasteiger partial charge in [0, 0.05) is 0 Å². The number of hydrogen-bond donors (Lipinski definition) is 1. The zero-order chi connectivity index (χ0) is 23.6. The Labute approximate surface area is 155 Å². The second kappa shape index (κ2) is 8.61. The van der Waals surface area contributed by atoms with Gasteiger partial charge in [-0.15, -0.1) is 0 Å². The number of alkyl halides is 10. The third-order valence-corrected chi connectivity index (χ3v) is 2.91. The van der Waals surface area contributed by atoms with E-state index in [4.69, 9.17) is 0 Å². The van der Waals surface area contributed by atoms with Crippen LogP contribution in [-0.2, 0) is 23.9 Å². The number of halogens is 10. The zero-order valence-electron chi connectivity index (χ0n) is 14.6. The molecule has 170 valence electrons. The highest BCUT2D eigenvalue weighted by atomic mass is 19.4. The molecule has 1 amide bonds. The van der Waals surface area contributed by atoms with Crippen molar-refractivity contribution >= 4 is 17.8 Å². The number of carbonyl (C=O) groups excluding carboxylic acids is 3. The lowest BCUT2D eigenvalue weighted by atomic mass is 10.1. The van der Waals surface area contributed by atoms with Gasteiger partial charge in [-0.2, -0.15) is 43.9 Å². The third kappa shape index (κ3) is 6.35. The minimum Gasteiger partial charge on any atom is -0.461 e. The van der Waals surface area contributed by atoms with Crippen LogP contribution in [0.3, 0.4) is 0 Å². The van der Waals surface area contributed by atoms with Crippen LogP contribution in [0.15, 0.2) is 0 Å². The molecule has 0 bridgehead atoms. The van der Waals surface area contributed by atoms with Crippen LogP contribution in [0.1, 0.15) is 20.8 Å². The van der Waals surface area contributed by atoms with Crippen LogP contribution >= 0.6 is 0 Å². The molecule has 0 heterocycles. The van der Waals surface area contributed by atoms with Gasteiger partial charge in [-0.3, -0.25) is 4.79 Å². The van der Waals surface area contributed by atoms with Gasteiger partial charge in [-0.25, -0.2) is 9.59 Å². The van der Waals surface area contributed by atoms with Crippen LogP contribution in [0.5, 0.6) is 0 Å². The van der Waals surface area contributed by atoms with E-state index in [2.05, 4.69) is 9.47 Å². The first-order valence-electron chi connectivity index (χ1n) is 7.27. The Morgan fingerprint density at radius 3 is 1.48 bits per heavy atom. The van der Waals surface area contributed by atoms with Gasteiger partial charge in [0.2, 0.25) is 0 Å². The van der Waals surface area contributed by atoms with Crippen molar-refractivity contribution in [2.75, 3.05) is 0 Å². The number of nitrogens with one attached hydrogen (secondary N) is 1. The van der Waals surface area contributed by atoms with Crippen molar-refractivity contribution in [3.63, 3.8) is 0 Å². The van der Waals surface area contributed by atoms with Gasteiger partial charge in [0.25, 0.3) is 0 Å². The van der Waals surface area contributed by atoms with Gasteiger partial charge < -0.3 is 14.8 Å². The lowest BCUT2D eigenvalue weighted by Gasteiger charge is -2.28. The molecular weight excluding hydrogens is 440 g/mol. The molecule has 0 saturated heterocycles. The largest absolute Gasteiger partial charge is 0.465 e. The third-order valence-electron chi connectivity index (χ3n) is 2.91. The number of ether oxygens (including phenoxy) is 2. The molecule has 0 radical (unpaired) electrons. The Balaban J connectivity index is 5.72. The second-order valence-electron chi connectivity index (χ2n) is 5.69. The molecule has 0 aliphatic rings. The minimum atomic E-state index is -6.44. The Hall–Kier alpha value is -2.29. The topological polar surface area (TPSA) is 81.7 Å². The Morgan fingerprint density at radius 2 is 1.14 bits per heavy atom. The summed E-state index contributed by atoms with van der Waals surface area (Å²) in [7, 11) is 0. The van der Waals surface area contributed by atoms with Crippen molar-refractivity contribution < 1.29 is 67.8 Å². The van der Waals surface area contributed by atoms with Crippen molar-refractivity contribution in [2.24, 2.45) is 0 Å². The van der Waals surface area contributed by atoms with Crippen molar-refractivity contribution in [2.45, 2.75) is 63.2 Å². The van der Waals surface area contributed by atoms with E-state index in [0.717, 1.165) is 19.2 Å². The van der Waals surface area contributed by atoms with Crippen molar-refractivity contribution in [3.8, 4) is 0 Å². The van der Waals surface area contributed by atoms with Gasteiger partial charge in [-0.1, -0.05) is 0 Å². The summed E-state index contributed by atoms with van der Waals surface area (Å²) < 4.78 is 133. The Kier molecular flexibility index (Phi) is 7.93. The van der Waals surface area contributed by atoms with Crippen LogP contribution in [0, 0.1) is 0 Å². The molecule has 0 aromatic carbocycles. The first kappa shape index (κ1) is 26.7. The monoisotopic (exact) mass is 453 g/mol. The molecule has 16 heteroatoms. The van der Waals surface area contributed by atoms with Gasteiger partial charge in [-0.05, 0) is 20.8 Å². The highest BCUT2D eigenvalue weighted by Crippen LogP contribution is 2.37.